The fourth-order valence-electron chi connectivity index (χ4n) is 1.38. The predicted octanol–water partition coefficient (Wildman–Crippen LogP) is 2.18. The second-order valence-corrected chi connectivity index (χ2v) is 6.20. The van der Waals surface area contributed by atoms with Crippen molar-refractivity contribution in [3.05, 3.63) is 24.3 Å². The minimum absolute atomic E-state index is 0.164. The third kappa shape index (κ3) is 2.66. The summed E-state index contributed by atoms with van der Waals surface area (Å²) in [5.41, 5.74) is 0.915. The van der Waals surface area contributed by atoms with E-state index in [2.05, 4.69) is 4.98 Å². The molecule has 1 heterocycles. The molecule has 0 bridgehead atoms. The maximum Gasteiger partial charge on any atom is 0.181 e. The van der Waals surface area contributed by atoms with Gasteiger partial charge in [0, 0.05) is 12.4 Å². The third-order valence-electron chi connectivity index (χ3n) is 2.21. The molecule has 0 aliphatic heterocycles. The van der Waals surface area contributed by atoms with Crippen LogP contribution in [0.2, 0.25) is 0 Å². The highest BCUT2D eigenvalue weighted by Crippen LogP contribution is 2.24. The monoisotopic (exact) mass is 255 g/mol. The molecule has 0 aliphatic rings. The van der Waals surface area contributed by atoms with Crippen LogP contribution in [0.4, 0.5) is 0 Å². The summed E-state index contributed by atoms with van der Waals surface area (Å²) < 4.78 is 13.6. The van der Waals surface area contributed by atoms with Gasteiger partial charge in [0.2, 0.25) is 0 Å². The number of thiazole rings is 1. The fraction of sp³-hybridized carbons (Fsp3) is 0.364. The maximum absolute atomic E-state index is 11.9. The standard InChI is InChI=1S/C11H13NO2S2/c13-7-3-4-8-16(14)11-12-9-5-1-2-6-10(9)15-11/h1-2,5-6,13H,3-4,7-8H2. The van der Waals surface area contributed by atoms with Gasteiger partial charge in [-0.3, -0.25) is 4.21 Å². The van der Waals surface area contributed by atoms with Gasteiger partial charge < -0.3 is 5.11 Å². The van der Waals surface area contributed by atoms with Crippen molar-refractivity contribution in [3.8, 4) is 0 Å². The van der Waals surface area contributed by atoms with Gasteiger partial charge in [-0.2, -0.15) is 0 Å². The summed E-state index contributed by atoms with van der Waals surface area (Å²) in [7, 11) is -1.02. The van der Waals surface area contributed by atoms with Crippen molar-refractivity contribution in [1.29, 1.82) is 0 Å². The first kappa shape index (κ1) is 11.7. The molecular formula is C11H13NO2S2. The number of unbranched alkanes of at least 4 members (excludes halogenated alkanes) is 1. The Morgan fingerprint density at radius 2 is 2.12 bits per heavy atom. The van der Waals surface area contributed by atoms with Gasteiger partial charge in [-0.15, -0.1) is 11.3 Å². The number of nitrogens with zero attached hydrogens (tertiary/aromatic N) is 1. The molecule has 1 unspecified atom stereocenters. The zero-order valence-corrected chi connectivity index (χ0v) is 10.4. The number of hydrogen-bond acceptors (Lipinski definition) is 4. The van der Waals surface area contributed by atoms with Crippen LogP contribution >= 0.6 is 11.3 Å². The van der Waals surface area contributed by atoms with Crippen LogP contribution in [0.15, 0.2) is 28.6 Å². The lowest BCUT2D eigenvalue weighted by Gasteiger charge is -1.95. The zero-order valence-electron chi connectivity index (χ0n) is 8.76. The van der Waals surface area contributed by atoms with Gasteiger partial charge in [0.1, 0.15) is 0 Å². The van der Waals surface area contributed by atoms with E-state index in [1.807, 2.05) is 24.3 Å². The second-order valence-electron chi connectivity index (χ2n) is 3.43. The Bertz CT molecular complexity index is 462. The van der Waals surface area contributed by atoms with Crippen molar-refractivity contribution < 1.29 is 9.32 Å². The Kier molecular flexibility index (Phi) is 4.04. The van der Waals surface area contributed by atoms with Crippen molar-refractivity contribution in [2.24, 2.45) is 0 Å². The van der Waals surface area contributed by atoms with Crippen molar-refractivity contribution in [2.45, 2.75) is 17.2 Å². The van der Waals surface area contributed by atoms with Crippen LogP contribution in [0, 0.1) is 0 Å². The van der Waals surface area contributed by atoms with Crippen LogP contribution < -0.4 is 0 Å². The number of hydrogen-bond donors (Lipinski definition) is 1. The normalized spacial score (nSPS) is 13.1. The minimum Gasteiger partial charge on any atom is -0.396 e. The van der Waals surface area contributed by atoms with E-state index in [4.69, 9.17) is 5.11 Å². The minimum atomic E-state index is -1.02. The van der Waals surface area contributed by atoms with Crippen LogP contribution in [0.25, 0.3) is 10.2 Å². The molecule has 5 heteroatoms. The molecule has 2 rings (SSSR count). The summed E-state index contributed by atoms with van der Waals surface area (Å²) in [6.45, 7) is 0.164. The molecule has 1 aromatic carbocycles. The number of benzene rings is 1. The number of fused-ring (bicyclic) bond motifs is 1. The second kappa shape index (κ2) is 5.52. The van der Waals surface area contributed by atoms with E-state index in [1.54, 1.807) is 0 Å². The van der Waals surface area contributed by atoms with E-state index in [0.717, 1.165) is 16.6 Å². The lowest BCUT2D eigenvalue weighted by atomic mass is 10.3. The number of aliphatic hydroxyl groups excluding tert-OH is 1. The van der Waals surface area contributed by atoms with Gasteiger partial charge in [0.05, 0.1) is 21.0 Å². The smallest absolute Gasteiger partial charge is 0.181 e. The third-order valence-corrected chi connectivity index (χ3v) is 4.99. The summed E-state index contributed by atoms with van der Waals surface area (Å²) in [6.07, 6.45) is 1.48. The molecular weight excluding hydrogens is 242 g/mol. The highest BCUT2D eigenvalue weighted by molar-refractivity contribution is 7.87. The van der Waals surface area contributed by atoms with Gasteiger partial charge in [-0.25, -0.2) is 4.98 Å². The Hall–Kier alpha value is -0.780. The van der Waals surface area contributed by atoms with E-state index >= 15 is 0 Å². The van der Waals surface area contributed by atoms with E-state index in [-0.39, 0.29) is 6.61 Å². The average molecular weight is 255 g/mol. The van der Waals surface area contributed by atoms with Gasteiger partial charge in [-0.05, 0) is 25.0 Å². The lowest BCUT2D eigenvalue weighted by Crippen LogP contribution is -1.98. The van der Waals surface area contributed by atoms with E-state index in [9.17, 15) is 4.21 Å². The van der Waals surface area contributed by atoms with Crippen LogP contribution in [-0.4, -0.2) is 26.7 Å². The molecule has 1 atom stereocenters. The van der Waals surface area contributed by atoms with Crippen molar-refractivity contribution >= 4 is 32.4 Å². The molecule has 0 amide bonds. The fourth-order valence-corrected chi connectivity index (χ4v) is 3.81. The first-order valence-corrected chi connectivity index (χ1v) is 7.29. The largest absolute Gasteiger partial charge is 0.396 e. The van der Waals surface area contributed by atoms with Crippen molar-refractivity contribution in [2.75, 3.05) is 12.4 Å². The number of rotatable bonds is 5. The Labute approximate surface area is 101 Å². The Balaban J connectivity index is 2.11. The molecule has 0 aliphatic carbocycles. The number of aromatic nitrogens is 1. The number of aliphatic hydroxyl groups is 1. The van der Waals surface area contributed by atoms with Crippen LogP contribution in [0.3, 0.4) is 0 Å². The summed E-state index contributed by atoms with van der Waals surface area (Å²) >= 11 is 1.49. The van der Waals surface area contributed by atoms with Gasteiger partial charge >= 0.3 is 0 Å². The molecule has 2 aromatic rings. The highest BCUT2D eigenvalue weighted by Gasteiger charge is 2.09. The van der Waals surface area contributed by atoms with E-state index in [0.29, 0.717) is 16.5 Å². The number of para-hydroxylation sites is 1. The van der Waals surface area contributed by atoms with E-state index in [1.165, 1.54) is 11.3 Å². The topological polar surface area (TPSA) is 50.2 Å². The molecule has 0 fully saturated rings. The van der Waals surface area contributed by atoms with Crippen molar-refractivity contribution in [3.63, 3.8) is 0 Å². The average Bonchev–Trinajstić information content (AvgIpc) is 2.73. The van der Waals surface area contributed by atoms with Gasteiger partial charge in [0.15, 0.2) is 4.34 Å². The van der Waals surface area contributed by atoms with Gasteiger partial charge in [-0.1, -0.05) is 12.1 Å². The van der Waals surface area contributed by atoms with Crippen LogP contribution in [-0.2, 0) is 10.8 Å². The Morgan fingerprint density at radius 3 is 2.88 bits per heavy atom. The molecule has 0 radical (unpaired) electrons. The Morgan fingerprint density at radius 1 is 1.31 bits per heavy atom. The van der Waals surface area contributed by atoms with Gasteiger partial charge in [0.25, 0.3) is 0 Å². The SMILES string of the molecule is O=S(CCCCO)c1nc2ccccc2s1. The van der Waals surface area contributed by atoms with Crippen LogP contribution in [0.1, 0.15) is 12.8 Å². The summed E-state index contributed by atoms with van der Waals surface area (Å²) in [5.74, 6) is 0.584. The van der Waals surface area contributed by atoms with Crippen LogP contribution in [0.5, 0.6) is 0 Å². The quantitative estimate of drug-likeness (QED) is 0.833. The molecule has 1 N–H and O–H groups in total. The molecule has 0 saturated heterocycles. The zero-order chi connectivity index (χ0) is 11.4. The highest BCUT2D eigenvalue weighted by atomic mass is 32.2. The molecule has 3 nitrogen and oxygen atoms in total. The first-order valence-electron chi connectivity index (χ1n) is 5.16. The molecule has 0 spiro atoms. The summed E-state index contributed by atoms with van der Waals surface area (Å²) in [6, 6.07) is 7.81. The van der Waals surface area contributed by atoms with Crippen molar-refractivity contribution in [1.82, 2.24) is 4.98 Å². The predicted molar refractivity (Wildman–Crippen MR) is 67.2 cm³/mol. The summed E-state index contributed by atoms with van der Waals surface area (Å²) in [4.78, 5) is 4.35. The molecule has 16 heavy (non-hydrogen) atoms. The molecule has 86 valence electrons. The van der Waals surface area contributed by atoms with E-state index < -0.39 is 10.8 Å². The molecule has 0 saturated carbocycles. The maximum atomic E-state index is 11.9. The molecule has 1 aromatic heterocycles. The first-order chi connectivity index (χ1) is 7.81. The summed E-state index contributed by atoms with van der Waals surface area (Å²) in [5, 5.41) is 8.65. The lowest BCUT2D eigenvalue weighted by molar-refractivity contribution is 0.287.